The second-order valence-corrected chi connectivity index (χ2v) is 5.78. The molecule has 3 rings (SSSR count). The number of anilines is 1. The molecule has 1 fully saturated rings. The van der Waals surface area contributed by atoms with Gasteiger partial charge in [-0.25, -0.2) is 4.39 Å². The van der Waals surface area contributed by atoms with Gasteiger partial charge in [0.1, 0.15) is 11.9 Å². The summed E-state index contributed by atoms with van der Waals surface area (Å²) in [6.07, 6.45) is 2.07. The minimum absolute atomic E-state index is 0.0744. The Balaban J connectivity index is 1.82. The van der Waals surface area contributed by atoms with Crippen LogP contribution in [0, 0.1) is 12.7 Å². The highest BCUT2D eigenvalue weighted by atomic mass is 19.1. The first kappa shape index (κ1) is 14.6. The lowest BCUT2D eigenvalue weighted by Gasteiger charge is -2.20. The largest absolute Gasteiger partial charge is 0.370 e. The molecule has 4 heteroatoms. The molecule has 22 heavy (non-hydrogen) atoms. The van der Waals surface area contributed by atoms with Crippen molar-refractivity contribution in [3.05, 3.63) is 65.5 Å². The molecule has 0 unspecified atom stereocenters. The van der Waals surface area contributed by atoms with Crippen LogP contribution < -0.4 is 10.6 Å². The first-order valence-corrected chi connectivity index (χ1v) is 7.51. The number of nitrogens with one attached hydrogen (secondary N) is 2. The van der Waals surface area contributed by atoms with Crippen molar-refractivity contribution in [3.63, 3.8) is 0 Å². The van der Waals surface area contributed by atoms with Gasteiger partial charge in [-0.3, -0.25) is 4.79 Å². The van der Waals surface area contributed by atoms with Gasteiger partial charge in [-0.05, 0) is 49.6 Å². The van der Waals surface area contributed by atoms with Gasteiger partial charge in [0.05, 0.1) is 0 Å². The quantitative estimate of drug-likeness (QED) is 0.886. The molecule has 1 aliphatic carbocycles. The van der Waals surface area contributed by atoms with E-state index in [4.69, 9.17) is 0 Å². The molecule has 0 heterocycles. The third kappa shape index (κ3) is 3.64. The molecule has 3 nitrogen and oxygen atoms in total. The van der Waals surface area contributed by atoms with Crippen molar-refractivity contribution in [1.82, 2.24) is 5.32 Å². The second kappa shape index (κ2) is 6.18. The van der Waals surface area contributed by atoms with Crippen LogP contribution in [0.3, 0.4) is 0 Å². The minimum Gasteiger partial charge on any atom is -0.370 e. The highest BCUT2D eigenvalue weighted by molar-refractivity contribution is 5.86. The average Bonchev–Trinajstić information content (AvgIpc) is 3.31. The van der Waals surface area contributed by atoms with Crippen molar-refractivity contribution >= 4 is 11.6 Å². The van der Waals surface area contributed by atoms with Crippen molar-refractivity contribution in [2.45, 2.75) is 31.8 Å². The fourth-order valence-electron chi connectivity index (χ4n) is 2.28. The molecular weight excluding hydrogens is 279 g/mol. The number of amides is 1. The lowest BCUT2D eigenvalue weighted by atomic mass is 10.1. The molecule has 1 amide bonds. The van der Waals surface area contributed by atoms with Crippen molar-refractivity contribution in [2.24, 2.45) is 0 Å². The van der Waals surface area contributed by atoms with Gasteiger partial charge in [0.25, 0.3) is 0 Å². The van der Waals surface area contributed by atoms with E-state index in [2.05, 4.69) is 10.6 Å². The molecule has 1 aliphatic rings. The maximum absolute atomic E-state index is 13.1. The highest BCUT2D eigenvalue weighted by Gasteiger charge is 2.28. The molecule has 0 bridgehead atoms. The van der Waals surface area contributed by atoms with Crippen LogP contribution in [0.5, 0.6) is 0 Å². The van der Waals surface area contributed by atoms with E-state index in [1.165, 1.54) is 12.1 Å². The fraction of sp³-hybridized carbons (Fsp3) is 0.278. The summed E-state index contributed by atoms with van der Waals surface area (Å²) in [4.78, 5) is 12.5. The Labute approximate surface area is 129 Å². The van der Waals surface area contributed by atoms with E-state index in [1.54, 1.807) is 12.1 Å². The minimum atomic E-state index is -0.524. The number of aryl methyl sites for hydroxylation is 1. The summed E-state index contributed by atoms with van der Waals surface area (Å²) >= 11 is 0. The number of carbonyl (C=O) groups is 1. The Morgan fingerprint density at radius 2 is 1.73 bits per heavy atom. The Morgan fingerprint density at radius 3 is 2.32 bits per heavy atom. The summed E-state index contributed by atoms with van der Waals surface area (Å²) in [6.45, 7) is 2.01. The Bertz CT molecular complexity index is 648. The number of benzene rings is 2. The van der Waals surface area contributed by atoms with Crippen LogP contribution in [-0.4, -0.2) is 11.9 Å². The Morgan fingerprint density at radius 1 is 1.09 bits per heavy atom. The summed E-state index contributed by atoms with van der Waals surface area (Å²) < 4.78 is 13.1. The van der Waals surface area contributed by atoms with E-state index in [-0.39, 0.29) is 17.8 Å². The molecule has 1 saturated carbocycles. The predicted molar refractivity (Wildman–Crippen MR) is 85.1 cm³/mol. The SMILES string of the molecule is Cc1ccc(N[C@@H](C(=O)NC2CC2)c2ccc(F)cc2)cc1. The molecule has 0 radical (unpaired) electrons. The van der Waals surface area contributed by atoms with Crippen molar-refractivity contribution < 1.29 is 9.18 Å². The molecule has 2 aromatic rings. The molecule has 1 atom stereocenters. The maximum Gasteiger partial charge on any atom is 0.247 e. The second-order valence-electron chi connectivity index (χ2n) is 5.78. The number of hydrogen-bond donors (Lipinski definition) is 2. The molecule has 0 spiro atoms. The Hall–Kier alpha value is -2.36. The summed E-state index contributed by atoms with van der Waals surface area (Å²) in [7, 11) is 0. The van der Waals surface area contributed by atoms with Crippen LogP contribution >= 0.6 is 0 Å². The van der Waals surface area contributed by atoms with Crippen LogP contribution in [0.2, 0.25) is 0 Å². The first-order valence-electron chi connectivity index (χ1n) is 7.51. The van der Waals surface area contributed by atoms with Crippen molar-refractivity contribution in [3.8, 4) is 0 Å². The van der Waals surface area contributed by atoms with Crippen LogP contribution in [0.25, 0.3) is 0 Å². The predicted octanol–water partition coefficient (Wildman–Crippen LogP) is 3.57. The summed E-state index contributed by atoms with van der Waals surface area (Å²) in [6, 6.07) is 13.7. The van der Waals surface area contributed by atoms with Crippen LogP contribution in [0.15, 0.2) is 48.5 Å². The number of carbonyl (C=O) groups excluding carboxylic acids is 1. The molecule has 2 aromatic carbocycles. The van der Waals surface area contributed by atoms with Gasteiger partial charge in [0.15, 0.2) is 0 Å². The molecular formula is C18H19FN2O. The lowest BCUT2D eigenvalue weighted by molar-refractivity contribution is -0.122. The summed E-state index contributed by atoms with van der Waals surface area (Å²) in [5.41, 5.74) is 2.78. The van der Waals surface area contributed by atoms with E-state index in [1.807, 2.05) is 31.2 Å². The Kier molecular flexibility index (Phi) is 4.09. The molecule has 2 N–H and O–H groups in total. The number of halogens is 1. The van der Waals surface area contributed by atoms with Gasteiger partial charge in [-0.15, -0.1) is 0 Å². The van der Waals surface area contributed by atoms with Gasteiger partial charge in [0.2, 0.25) is 5.91 Å². The van der Waals surface area contributed by atoms with Crippen LogP contribution in [0.1, 0.15) is 30.0 Å². The molecule has 0 aromatic heterocycles. The maximum atomic E-state index is 13.1. The van der Waals surface area contributed by atoms with Gasteiger partial charge >= 0.3 is 0 Å². The highest BCUT2D eigenvalue weighted by Crippen LogP contribution is 2.24. The third-order valence-electron chi connectivity index (χ3n) is 3.75. The van der Waals surface area contributed by atoms with Gasteiger partial charge in [-0.2, -0.15) is 0 Å². The average molecular weight is 298 g/mol. The van der Waals surface area contributed by atoms with E-state index in [0.29, 0.717) is 0 Å². The van der Waals surface area contributed by atoms with E-state index >= 15 is 0 Å². The van der Waals surface area contributed by atoms with Gasteiger partial charge < -0.3 is 10.6 Å². The van der Waals surface area contributed by atoms with Crippen molar-refractivity contribution in [2.75, 3.05) is 5.32 Å². The first-order chi connectivity index (χ1) is 10.6. The molecule has 0 saturated heterocycles. The summed E-state index contributed by atoms with van der Waals surface area (Å²) in [5.74, 6) is -0.380. The van der Waals surface area contributed by atoms with E-state index < -0.39 is 6.04 Å². The normalized spacial score (nSPS) is 15.2. The number of rotatable bonds is 5. The van der Waals surface area contributed by atoms with Crippen molar-refractivity contribution in [1.29, 1.82) is 0 Å². The zero-order valence-corrected chi connectivity index (χ0v) is 12.5. The van der Waals surface area contributed by atoms with E-state index in [0.717, 1.165) is 29.7 Å². The monoisotopic (exact) mass is 298 g/mol. The smallest absolute Gasteiger partial charge is 0.247 e. The van der Waals surface area contributed by atoms with E-state index in [9.17, 15) is 9.18 Å². The molecule has 114 valence electrons. The van der Waals surface area contributed by atoms with Gasteiger partial charge in [-0.1, -0.05) is 29.8 Å². The zero-order chi connectivity index (χ0) is 15.5. The third-order valence-corrected chi connectivity index (χ3v) is 3.75. The number of hydrogen-bond acceptors (Lipinski definition) is 2. The fourth-order valence-corrected chi connectivity index (χ4v) is 2.28. The van der Waals surface area contributed by atoms with Crippen LogP contribution in [-0.2, 0) is 4.79 Å². The topological polar surface area (TPSA) is 41.1 Å². The summed E-state index contributed by atoms with van der Waals surface area (Å²) in [5, 5.41) is 6.24. The lowest BCUT2D eigenvalue weighted by Crippen LogP contribution is -2.34. The van der Waals surface area contributed by atoms with Crippen LogP contribution in [0.4, 0.5) is 10.1 Å². The molecule has 0 aliphatic heterocycles. The standard InChI is InChI=1S/C18H19FN2O/c1-12-2-8-15(9-3-12)20-17(18(22)21-16-10-11-16)13-4-6-14(19)7-5-13/h2-9,16-17,20H,10-11H2,1H3,(H,21,22)/t17-/m1/s1. The zero-order valence-electron chi connectivity index (χ0n) is 12.5. The van der Waals surface area contributed by atoms with Gasteiger partial charge in [0, 0.05) is 11.7 Å².